The second-order valence-electron chi connectivity index (χ2n) is 6.19. The number of carbonyl (C=O) groups is 1. The Labute approximate surface area is 135 Å². The lowest BCUT2D eigenvalue weighted by molar-refractivity contribution is 0.0802. The molecule has 0 aliphatic heterocycles. The Bertz CT molecular complexity index is 704. The van der Waals surface area contributed by atoms with Crippen molar-refractivity contribution in [1.82, 2.24) is 15.0 Å². The van der Waals surface area contributed by atoms with Gasteiger partial charge in [0.25, 0.3) is 11.8 Å². The Balaban J connectivity index is 1.88. The molecular formula is C17H22N4O2. The van der Waals surface area contributed by atoms with Crippen molar-refractivity contribution >= 4 is 5.91 Å². The summed E-state index contributed by atoms with van der Waals surface area (Å²) in [6.45, 7) is 2.60. The summed E-state index contributed by atoms with van der Waals surface area (Å²) in [7, 11) is 1.78. The van der Waals surface area contributed by atoms with E-state index < -0.39 is 5.54 Å². The Morgan fingerprint density at radius 3 is 2.83 bits per heavy atom. The Kier molecular flexibility index (Phi) is 4.17. The third-order valence-electron chi connectivity index (χ3n) is 4.54. The number of aromatic nitrogens is 2. The predicted octanol–water partition coefficient (Wildman–Crippen LogP) is 2.56. The zero-order valence-corrected chi connectivity index (χ0v) is 13.6. The summed E-state index contributed by atoms with van der Waals surface area (Å²) in [5.74, 6) is 0.943. The highest BCUT2D eigenvalue weighted by atomic mass is 16.5. The lowest BCUT2D eigenvalue weighted by Gasteiger charge is -2.17. The molecule has 122 valence electrons. The molecule has 1 heterocycles. The molecule has 2 aromatic rings. The molecule has 1 fully saturated rings. The number of rotatable bonds is 4. The maximum atomic E-state index is 12.3. The lowest BCUT2D eigenvalue weighted by Crippen LogP contribution is -2.34. The van der Waals surface area contributed by atoms with Crippen molar-refractivity contribution in [2.24, 2.45) is 5.73 Å². The molecule has 0 atom stereocenters. The summed E-state index contributed by atoms with van der Waals surface area (Å²) in [5.41, 5.74) is 7.23. The summed E-state index contributed by atoms with van der Waals surface area (Å²) >= 11 is 0. The van der Waals surface area contributed by atoms with Crippen LogP contribution in [0.1, 0.15) is 48.8 Å². The van der Waals surface area contributed by atoms with Crippen molar-refractivity contribution in [3.63, 3.8) is 0 Å². The summed E-state index contributed by atoms with van der Waals surface area (Å²) in [6.07, 6.45) is 3.94. The summed E-state index contributed by atoms with van der Waals surface area (Å²) in [5, 5.41) is 4.07. The smallest absolute Gasteiger partial charge is 0.258 e. The molecular weight excluding hydrogens is 292 g/mol. The molecule has 0 bridgehead atoms. The van der Waals surface area contributed by atoms with Gasteiger partial charge in [-0.2, -0.15) is 4.98 Å². The van der Waals surface area contributed by atoms with E-state index in [0.29, 0.717) is 23.8 Å². The first-order valence-corrected chi connectivity index (χ1v) is 8.02. The highest BCUT2D eigenvalue weighted by molar-refractivity contribution is 5.95. The fraction of sp³-hybridized carbons (Fsp3) is 0.471. The first-order chi connectivity index (χ1) is 11.0. The van der Waals surface area contributed by atoms with Crippen LogP contribution >= 0.6 is 0 Å². The summed E-state index contributed by atoms with van der Waals surface area (Å²) in [4.78, 5) is 18.4. The van der Waals surface area contributed by atoms with E-state index in [2.05, 4.69) is 10.1 Å². The number of nitrogens with two attached hydrogens (primary N) is 1. The molecule has 23 heavy (non-hydrogen) atoms. The van der Waals surface area contributed by atoms with E-state index in [0.717, 1.165) is 31.2 Å². The van der Waals surface area contributed by atoms with Crippen molar-refractivity contribution in [2.45, 2.75) is 38.1 Å². The third kappa shape index (κ3) is 2.99. The van der Waals surface area contributed by atoms with Gasteiger partial charge >= 0.3 is 0 Å². The van der Waals surface area contributed by atoms with Crippen molar-refractivity contribution < 1.29 is 9.32 Å². The maximum Gasteiger partial charge on any atom is 0.258 e. The number of hydrogen-bond acceptors (Lipinski definition) is 5. The summed E-state index contributed by atoms with van der Waals surface area (Å²) in [6, 6.07) is 7.25. The standard InChI is InChI=1S/C17H22N4O2/c1-3-21(2)15(22)13-8-6-7-12(11-13)14-19-16(20-23-14)17(18)9-4-5-10-17/h6-8,11H,3-5,9-10,18H2,1-2H3. The van der Waals surface area contributed by atoms with Crippen LogP contribution in [0.15, 0.2) is 28.8 Å². The molecule has 0 spiro atoms. The van der Waals surface area contributed by atoms with Crippen LogP contribution in [-0.4, -0.2) is 34.5 Å². The molecule has 6 heteroatoms. The second-order valence-corrected chi connectivity index (χ2v) is 6.19. The van der Waals surface area contributed by atoms with Gasteiger partial charge in [-0.3, -0.25) is 4.79 Å². The molecule has 1 amide bonds. The third-order valence-corrected chi connectivity index (χ3v) is 4.54. The van der Waals surface area contributed by atoms with E-state index in [-0.39, 0.29) is 5.91 Å². The Morgan fingerprint density at radius 1 is 1.39 bits per heavy atom. The van der Waals surface area contributed by atoms with Crippen molar-refractivity contribution in [3.05, 3.63) is 35.7 Å². The normalized spacial score (nSPS) is 16.5. The molecule has 1 aromatic carbocycles. The van der Waals surface area contributed by atoms with Crippen molar-refractivity contribution in [2.75, 3.05) is 13.6 Å². The van der Waals surface area contributed by atoms with E-state index in [1.165, 1.54) is 0 Å². The zero-order valence-electron chi connectivity index (χ0n) is 13.6. The van der Waals surface area contributed by atoms with E-state index >= 15 is 0 Å². The first-order valence-electron chi connectivity index (χ1n) is 8.02. The van der Waals surface area contributed by atoms with Crippen LogP contribution in [0.2, 0.25) is 0 Å². The van der Waals surface area contributed by atoms with Crippen LogP contribution in [0, 0.1) is 0 Å². The SMILES string of the molecule is CCN(C)C(=O)c1cccc(-c2nc(C3(N)CCCC3)no2)c1. The number of hydrogen-bond donors (Lipinski definition) is 1. The molecule has 3 rings (SSSR count). The van der Waals surface area contributed by atoms with E-state index in [1.807, 2.05) is 19.1 Å². The lowest BCUT2D eigenvalue weighted by atomic mass is 9.98. The Morgan fingerprint density at radius 2 is 2.13 bits per heavy atom. The number of carbonyl (C=O) groups excluding carboxylic acids is 1. The van der Waals surface area contributed by atoms with E-state index in [1.54, 1.807) is 24.1 Å². The number of benzene rings is 1. The molecule has 2 N–H and O–H groups in total. The molecule has 0 radical (unpaired) electrons. The average Bonchev–Trinajstić information content (AvgIpc) is 3.23. The first kappa shape index (κ1) is 15.7. The zero-order chi connectivity index (χ0) is 16.4. The van der Waals surface area contributed by atoms with Crippen LogP contribution in [0.3, 0.4) is 0 Å². The molecule has 1 saturated carbocycles. The largest absolute Gasteiger partial charge is 0.342 e. The van der Waals surface area contributed by atoms with Gasteiger partial charge in [0.05, 0.1) is 5.54 Å². The second kappa shape index (κ2) is 6.12. The van der Waals surface area contributed by atoms with Crippen molar-refractivity contribution in [3.8, 4) is 11.5 Å². The molecule has 0 saturated heterocycles. The van der Waals surface area contributed by atoms with Crippen LogP contribution in [0.4, 0.5) is 0 Å². The van der Waals surface area contributed by atoms with E-state index in [9.17, 15) is 4.79 Å². The molecule has 1 aliphatic rings. The van der Waals surface area contributed by atoms with Gasteiger partial charge in [-0.1, -0.05) is 24.1 Å². The van der Waals surface area contributed by atoms with Crippen LogP contribution < -0.4 is 5.73 Å². The van der Waals surface area contributed by atoms with Crippen molar-refractivity contribution in [1.29, 1.82) is 0 Å². The monoisotopic (exact) mass is 314 g/mol. The minimum absolute atomic E-state index is 0.0276. The topological polar surface area (TPSA) is 85.2 Å². The fourth-order valence-corrected chi connectivity index (χ4v) is 2.92. The van der Waals surface area contributed by atoms with Gasteiger partial charge in [0.15, 0.2) is 5.82 Å². The highest BCUT2D eigenvalue weighted by Crippen LogP contribution is 2.35. The molecule has 1 aromatic heterocycles. The van der Waals surface area contributed by atoms with Gasteiger partial charge in [0.2, 0.25) is 0 Å². The van der Waals surface area contributed by atoms with Crippen LogP contribution in [0.25, 0.3) is 11.5 Å². The van der Waals surface area contributed by atoms with Gasteiger partial charge in [0, 0.05) is 24.7 Å². The van der Waals surface area contributed by atoms with Gasteiger partial charge < -0.3 is 15.2 Å². The highest BCUT2D eigenvalue weighted by Gasteiger charge is 2.36. The van der Waals surface area contributed by atoms with Gasteiger partial charge in [0.1, 0.15) is 0 Å². The van der Waals surface area contributed by atoms with Gasteiger partial charge in [-0.15, -0.1) is 0 Å². The fourth-order valence-electron chi connectivity index (χ4n) is 2.92. The molecule has 0 unspecified atom stereocenters. The molecule has 6 nitrogen and oxygen atoms in total. The minimum atomic E-state index is -0.475. The van der Waals surface area contributed by atoms with Crippen LogP contribution in [0.5, 0.6) is 0 Å². The summed E-state index contributed by atoms with van der Waals surface area (Å²) < 4.78 is 5.38. The van der Waals surface area contributed by atoms with E-state index in [4.69, 9.17) is 10.3 Å². The molecule has 1 aliphatic carbocycles. The quantitative estimate of drug-likeness (QED) is 0.937. The van der Waals surface area contributed by atoms with Gasteiger partial charge in [-0.05, 0) is 38.0 Å². The van der Waals surface area contributed by atoms with Gasteiger partial charge in [-0.25, -0.2) is 0 Å². The van der Waals surface area contributed by atoms with Crippen LogP contribution in [-0.2, 0) is 5.54 Å². The average molecular weight is 314 g/mol. The Hall–Kier alpha value is -2.21. The number of amides is 1. The minimum Gasteiger partial charge on any atom is -0.342 e. The predicted molar refractivity (Wildman–Crippen MR) is 86.7 cm³/mol. The maximum absolute atomic E-state index is 12.3. The number of nitrogens with zero attached hydrogens (tertiary/aromatic N) is 3.